The molecule has 0 radical (unpaired) electrons. The molecule has 2 amide bonds. The molecule has 33 heavy (non-hydrogen) atoms. The fourth-order valence-electron chi connectivity index (χ4n) is 3.74. The van der Waals surface area contributed by atoms with Gasteiger partial charge in [0, 0.05) is 30.6 Å². The molecular weight excluding hydrogens is 425 g/mol. The summed E-state index contributed by atoms with van der Waals surface area (Å²) in [5.41, 5.74) is 3.78. The number of furan rings is 1. The van der Waals surface area contributed by atoms with Crippen molar-refractivity contribution < 1.29 is 23.1 Å². The number of amides is 2. The number of hydrogen-bond acceptors (Lipinski definition) is 5. The predicted octanol–water partition coefficient (Wildman–Crippen LogP) is 4.40. The third-order valence-electron chi connectivity index (χ3n) is 5.63. The molecule has 2 N–H and O–H groups in total. The average Bonchev–Trinajstić information content (AvgIpc) is 3.45. The van der Waals surface area contributed by atoms with Crippen molar-refractivity contribution in [2.45, 2.75) is 32.5 Å². The van der Waals surface area contributed by atoms with Gasteiger partial charge in [0.05, 0.1) is 31.3 Å². The molecule has 172 valence electrons. The monoisotopic (exact) mass is 451 g/mol. The second-order valence-electron chi connectivity index (χ2n) is 8.07. The summed E-state index contributed by atoms with van der Waals surface area (Å²) >= 11 is 0. The number of nitrogens with one attached hydrogen (secondary N) is 2. The summed E-state index contributed by atoms with van der Waals surface area (Å²) in [6, 6.07) is 14.4. The van der Waals surface area contributed by atoms with Crippen LogP contribution in [0.2, 0.25) is 0 Å². The van der Waals surface area contributed by atoms with E-state index >= 15 is 0 Å². The van der Waals surface area contributed by atoms with E-state index in [1.807, 2.05) is 30.3 Å². The summed E-state index contributed by atoms with van der Waals surface area (Å²) in [4.78, 5) is 24.6. The lowest BCUT2D eigenvalue weighted by molar-refractivity contribution is -0.119. The van der Waals surface area contributed by atoms with Crippen molar-refractivity contribution in [2.75, 3.05) is 18.0 Å². The van der Waals surface area contributed by atoms with Crippen LogP contribution >= 0.6 is 0 Å². The molecule has 0 saturated carbocycles. The molecule has 3 aromatic rings. The molecule has 0 aliphatic carbocycles. The van der Waals surface area contributed by atoms with Crippen LogP contribution in [0.5, 0.6) is 0 Å². The maximum absolute atomic E-state index is 14.9. The van der Waals surface area contributed by atoms with Crippen molar-refractivity contribution in [3.8, 4) is 11.1 Å². The molecular formula is C25H26FN3O4. The van der Waals surface area contributed by atoms with Crippen molar-refractivity contribution in [1.29, 1.82) is 0 Å². The third-order valence-corrected chi connectivity index (χ3v) is 5.63. The van der Waals surface area contributed by atoms with Gasteiger partial charge in [0.15, 0.2) is 0 Å². The Bertz CT molecular complexity index is 1120. The van der Waals surface area contributed by atoms with Gasteiger partial charge in [-0.3, -0.25) is 9.69 Å². The lowest BCUT2D eigenvalue weighted by Gasteiger charge is -2.16. The smallest absolute Gasteiger partial charge is 0.414 e. The second kappa shape index (κ2) is 9.87. The van der Waals surface area contributed by atoms with Crippen LogP contribution in [0.15, 0.2) is 65.5 Å². The van der Waals surface area contributed by atoms with Gasteiger partial charge in [0.2, 0.25) is 5.91 Å². The Morgan fingerprint density at radius 3 is 2.67 bits per heavy atom. The van der Waals surface area contributed by atoms with Gasteiger partial charge in [-0.05, 0) is 42.3 Å². The van der Waals surface area contributed by atoms with E-state index in [1.54, 1.807) is 24.7 Å². The zero-order chi connectivity index (χ0) is 23.4. The van der Waals surface area contributed by atoms with Crippen molar-refractivity contribution in [3.05, 3.63) is 78.0 Å². The number of nitrogens with zero attached hydrogens (tertiary/aromatic N) is 1. The lowest BCUT2D eigenvalue weighted by atomic mass is 10.0. The average molecular weight is 451 g/mol. The Morgan fingerprint density at radius 1 is 1.21 bits per heavy atom. The van der Waals surface area contributed by atoms with Crippen molar-refractivity contribution in [2.24, 2.45) is 0 Å². The van der Waals surface area contributed by atoms with Gasteiger partial charge < -0.3 is 19.8 Å². The number of halogens is 1. The molecule has 0 spiro atoms. The van der Waals surface area contributed by atoms with E-state index in [9.17, 15) is 14.0 Å². The first-order chi connectivity index (χ1) is 15.9. The number of anilines is 1. The highest BCUT2D eigenvalue weighted by Crippen LogP contribution is 2.30. The van der Waals surface area contributed by atoms with E-state index in [0.29, 0.717) is 17.8 Å². The lowest BCUT2D eigenvalue weighted by Crippen LogP contribution is -2.33. The zero-order valence-corrected chi connectivity index (χ0v) is 18.5. The maximum Gasteiger partial charge on any atom is 0.414 e. The normalized spacial score (nSPS) is 16.5. The summed E-state index contributed by atoms with van der Waals surface area (Å²) in [5, 5.41) is 6.05. The number of carbonyl (C=O) groups excluding carboxylic acids is 2. The zero-order valence-electron chi connectivity index (χ0n) is 18.5. The van der Waals surface area contributed by atoms with Crippen LogP contribution in [0.1, 0.15) is 31.0 Å². The van der Waals surface area contributed by atoms with E-state index in [4.69, 9.17) is 9.15 Å². The third kappa shape index (κ3) is 5.40. The number of carbonyl (C=O) groups is 2. The molecule has 1 aliphatic rings. The SMILES string of the molecule is CC(=O)NC[C@H]1CN(c2ccc(-c3ccc(C(C)NCc4ccoc4)cc3)c(F)c2)C(=O)O1. The highest BCUT2D eigenvalue weighted by atomic mass is 19.1. The molecule has 7 nitrogen and oxygen atoms in total. The Kier molecular flexibility index (Phi) is 6.74. The molecule has 8 heteroatoms. The molecule has 4 rings (SSSR count). The Hall–Kier alpha value is -3.65. The molecule has 0 bridgehead atoms. The van der Waals surface area contributed by atoms with E-state index in [-0.39, 0.29) is 25.0 Å². The maximum atomic E-state index is 14.9. The summed E-state index contributed by atoms with van der Waals surface area (Å²) in [7, 11) is 0. The first-order valence-corrected chi connectivity index (χ1v) is 10.8. The van der Waals surface area contributed by atoms with Crippen molar-refractivity contribution in [1.82, 2.24) is 10.6 Å². The van der Waals surface area contributed by atoms with E-state index in [2.05, 4.69) is 17.6 Å². The Labute approximate surface area is 191 Å². The molecule has 1 unspecified atom stereocenters. The second-order valence-corrected chi connectivity index (χ2v) is 8.07. The largest absolute Gasteiger partial charge is 0.472 e. The quantitative estimate of drug-likeness (QED) is 0.531. The van der Waals surface area contributed by atoms with E-state index in [1.165, 1.54) is 17.9 Å². The minimum Gasteiger partial charge on any atom is -0.472 e. The first-order valence-electron chi connectivity index (χ1n) is 10.8. The van der Waals surface area contributed by atoms with Crippen LogP contribution in [0.3, 0.4) is 0 Å². The van der Waals surface area contributed by atoms with E-state index < -0.39 is 18.0 Å². The van der Waals surface area contributed by atoms with Crippen LogP contribution in [0, 0.1) is 5.82 Å². The first kappa shape index (κ1) is 22.5. The van der Waals surface area contributed by atoms with Gasteiger partial charge in [-0.1, -0.05) is 24.3 Å². The summed E-state index contributed by atoms with van der Waals surface area (Å²) in [5.74, 6) is -0.626. The number of ether oxygens (including phenoxy) is 1. The minimum atomic E-state index is -0.557. The van der Waals surface area contributed by atoms with Crippen LogP contribution in [-0.2, 0) is 16.1 Å². The molecule has 1 fully saturated rings. The molecule has 1 aromatic heterocycles. The summed E-state index contributed by atoms with van der Waals surface area (Å²) < 4.78 is 25.3. The number of rotatable bonds is 8. The van der Waals surface area contributed by atoms with Gasteiger partial charge in [0.1, 0.15) is 11.9 Å². The molecule has 2 aromatic carbocycles. The van der Waals surface area contributed by atoms with Crippen LogP contribution in [0.4, 0.5) is 14.9 Å². The summed E-state index contributed by atoms with van der Waals surface area (Å²) in [6.45, 7) is 4.63. The fourth-order valence-corrected chi connectivity index (χ4v) is 3.74. The molecule has 1 aliphatic heterocycles. The van der Waals surface area contributed by atoms with Gasteiger partial charge in [-0.25, -0.2) is 9.18 Å². The van der Waals surface area contributed by atoms with Gasteiger partial charge in [0.25, 0.3) is 0 Å². The molecule has 1 saturated heterocycles. The van der Waals surface area contributed by atoms with Gasteiger partial charge >= 0.3 is 6.09 Å². The molecule has 2 heterocycles. The predicted molar refractivity (Wildman–Crippen MR) is 122 cm³/mol. The van der Waals surface area contributed by atoms with Crippen molar-refractivity contribution >= 4 is 17.7 Å². The molecule has 2 atom stereocenters. The minimum absolute atomic E-state index is 0.118. The fraction of sp³-hybridized carbons (Fsp3) is 0.280. The number of hydrogen-bond donors (Lipinski definition) is 2. The van der Waals surface area contributed by atoms with Crippen LogP contribution in [-0.4, -0.2) is 31.2 Å². The highest BCUT2D eigenvalue weighted by Gasteiger charge is 2.32. The van der Waals surface area contributed by atoms with Gasteiger partial charge in [-0.2, -0.15) is 0 Å². The summed E-state index contributed by atoms with van der Waals surface area (Å²) in [6.07, 6.45) is 2.33. The Balaban J connectivity index is 1.41. The van der Waals surface area contributed by atoms with Crippen LogP contribution in [0.25, 0.3) is 11.1 Å². The standard InChI is InChI=1S/C25H26FN3O4/c1-16(27-12-18-9-10-32-15-18)19-3-5-20(6-4-19)23-8-7-21(11-24(23)26)29-14-22(33-25(29)31)13-28-17(2)30/h3-11,15-16,22,27H,12-14H2,1-2H3,(H,28,30)/t16?,22-/m0/s1. The van der Waals surface area contributed by atoms with Gasteiger partial charge in [-0.15, -0.1) is 0 Å². The van der Waals surface area contributed by atoms with Crippen LogP contribution < -0.4 is 15.5 Å². The topological polar surface area (TPSA) is 83.8 Å². The number of cyclic esters (lactones) is 1. The van der Waals surface area contributed by atoms with Crippen molar-refractivity contribution in [3.63, 3.8) is 0 Å². The number of benzene rings is 2. The Morgan fingerprint density at radius 2 is 2.00 bits per heavy atom. The van der Waals surface area contributed by atoms with E-state index in [0.717, 1.165) is 16.7 Å². The highest BCUT2D eigenvalue weighted by molar-refractivity contribution is 5.90.